The summed E-state index contributed by atoms with van der Waals surface area (Å²) in [6.45, 7) is 2.84. The number of aromatic nitrogens is 5. The van der Waals surface area contributed by atoms with E-state index in [1.807, 2.05) is 24.7 Å². The van der Waals surface area contributed by atoms with Gasteiger partial charge in [-0.15, -0.1) is 0 Å². The maximum absolute atomic E-state index is 15.6. The molecule has 2 fully saturated rings. The highest BCUT2D eigenvalue weighted by Crippen LogP contribution is 2.32. The summed E-state index contributed by atoms with van der Waals surface area (Å²) in [5.74, 6) is 0.00808. The molecule has 1 amide bonds. The van der Waals surface area contributed by atoms with Crippen molar-refractivity contribution < 1.29 is 14.2 Å². The number of hydrogen-bond acceptors (Lipinski definition) is 6. The summed E-state index contributed by atoms with van der Waals surface area (Å²) in [5.41, 5.74) is 6.52. The molecule has 9 nitrogen and oxygen atoms in total. The summed E-state index contributed by atoms with van der Waals surface area (Å²) in [4.78, 5) is 32.7. The van der Waals surface area contributed by atoms with E-state index in [-0.39, 0.29) is 24.8 Å². The first-order chi connectivity index (χ1) is 15.5. The van der Waals surface area contributed by atoms with Crippen LogP contribution < -0.4 is 10.7 Å². The van der Waals surface area contributed by atoms with Crippen molar-refractivity contribution >= 4 is 23.0 Å². The Balaban J connectivity index is 1.16. The van der Waals surface area contributed by atoms with E-state index in [4.69, 9.17) is 5.73 Å². The van der Waals surface area contributed by atoms with Gasteiger partial charge in [0.1, 0.15) is 11.7 Å². The number of nitrogens with zero attached hydrogens (tertiary/aromatic N) is 6. The minimum atomic E-state index is -1.78. The molecule has 0 saturated carbocycles. The fraction of sp³-hybridized carbons (Fsp3) is 0.500. The Morgan fingerprint density at radius 2 is 1.97 bits per heavy atom. The molecule has 2 aliphatic rings. The molecule has 0 aliphatic carbocycles. The van der Waals surface area contributed by atoms with Crippen LogP contribution in [0.2, 0.25) is 0 Å². The minimum absolute atomic E-state index is 0.216. The van der Waals surface area contributed by atoms with Crippen LogP contribution in [-0.4, -0.2) is 67.1 Å². The standard InChI is InChI=1S/C22H27FN8O/c23-22(5-10-29(11-6-22)14-16-12-26-21(24)27-13-16)20(32)30-8-3-17(4-9-30)31-15-28-18-2-1-7-25-19(18)31/h1-2,7,12-13,15,17H,3-6,8-11,14H2,(H2,24,26,27)/p+1. The number of likely N-dealkylation sites (tertiary alicyclic amines) is 2. The second kappa shape index (κ2) is 8.42. The van der Waals surface area contributed by atoms with Gasteiger partial charge in [0.25, 0.3) is 5.91 Å². The van der Waals surface area contributed by atoms with Gasteiger partial charge in [0.15, 0.2) is 11.3 Å². The zero-order valence-electron chi connectivity index (χ0n) is 18.0. The number of imidazole rings is 1. The molecule has 32 heavy (non-hydrogen) atoms. The first kappa shape index (κ1) is 20.7. The number of anilines is 1. The second-order valence-electron chi connectivity index (χ2n) is 8.77. The molecule has 0 radical (unpaired) electrons. The number of carbonyl (C=O) groups excluding carboxylic acids is 1. The Labute approximate surface area is 185 Å². The molecule has 0 bridgehead atoms. The van der Waals surface area contributed by atoms with Crippen molar-refractivity contribution in [1.82, 2.24) is 29.3 Å². The summed E-state index contributed by atoms with van der Waals surface area (Å²) in [7, 11) is 0. The van der Waals surface area contributed by atoms with Crippen LogP contribution in [0.25, 0.3) is 11.2 Å². The average Bonchev–Trinajstić information content (AvgIpc) is 3.26. The van der Waals surface area contributed by atoms with E-state index in [9.17, 15) is 4.79 Å². The van der Waals surface area contributed by atoms with E-state index < -0.39 is 5.67 Å². The maximum Gasteiger partial charge on any atom is 0.386 e. The van der Waals surface area contributed by atoms with Crippen LogP contribution >= 0.6 is 0 Å². The lowest BCUT2D eigenvalue weighted by Crippen LogP contribution is -2.53. The Morgan fingerprint density at radius 3 is 2.69 bits per heavy atom. The zero-order chi connectivity index (χ0) is 22.1. The number of nitrogens with one attached hydrogen (secondary N) is 1. The number of rotatable bonds is 4. The number of fused-ring (bicyclic) bond motifs is 1. The highest BCUT2D eigenvalue weighted by Gasteiger charge is 2.44. The van der Waals surface area contributed by atoms with E-state index in [1.54, 1.807) is 17.3 Å². The third-order valence-corrected chi connectivity index (χ3v) is 6.69. The molecule has 3 aromatic heterocycles. The molecular formula is C22H28FN8O+. The first-order valence-electron chi connectivity index (χ1n) is 11.1. The molecule has 5 rings (SSSR count). The molecule has 5 heterocycles. The molecule has 0 atom stereocenters. The summed E-state index contributed by atoms with van der Waals surface area (Å²) in [6.07, 6.45) is 9.10. The number of alkyl halides is 1. The van der Waals surface area contributed by atoms with E-state index in [1.165, 1.54) is 0 Å². The molecule has 168 valence electrons. The predicted molar refractivity (Wildman–Crippen MR) is 116 cm³/mol. The number of carbonyl (C=O) groups is 1. The van der Waals surface area contributed by atoms with Gasteiger partial charge in [-0.3, -0.25) is 15.4 Å². The lowest BCUT2D eigenvalue weighted by atomic mass is 9.90. The van der Waals surface area contributed by atoms with Gasteiger partial charge in [-0.1, -0.05) is 4.98 Å². The minimum Gasteiger partial charge on any atom is -0.340 e. The third-order valence-electron chi connectivity index (χ3n) is 6.69. The van der Waals surface area contributed by atoms with Gasteiger partial charge < -0.3 is 9.47 Å². The molecular weight excluding hydrogens is 411 g/mol. The summed E-state index contributed by atoms with van der Waals surface area (Å²) in [5, 5.41) is 0. The van der Waals surface area contributed by atoms with Gasteiger partial charge >= 0.3 is 5.95 Å². The van der Waals surface area contributed by atoms with Gasteiger partial charge in [-0.05, 0) is 25.0 Å². The number of halogens is 1. The van der Waals surface area contributed by atoms with Crippen LogP contribution in [0.5, 0.6) is 0 Å². The monoisotopic (exact) mass is 439 g/mol. The topological polar surface area (TPSA) is 107 Å². The highest BCUT2D eigenvalue weighted by molar-refractivity contribution is 5.85. The van der Waals surface area contributed by atoms with Gasteiger partial charge in [0, 0.05) is 63.4 Å². The van der Waals surface area contributed by atoms with Crippen LogP contribution in [0.15, 0.2) is 37.1 Å². The summed E-state index contributed by atoms with van der Waals surface area (Å²) in [6, 6.07) is 4.04. The van der Waals surface area contributed by atoms with Crippen molar-refractivity contribution in [2.45, 2.75) is 43.9 Å². The van der Waals surface area contributed by atoms with E-state index >= 15 is 4.39 Å². The smallest absolute Gasteiger partial charge is 0.340 e. The van der Waals surface area contributed by atoms with Crippen molar-refractivity contribution in [1.29, 1.82) is 0 Å². The van der Waals surface area contributed by atoms with Gasteiger partial charge in [-0.2, -0.15) is 0 Å². The average molecular weight is 440 g/mol. The fourth-order valence-electron chi connectivity index (χ4n) is 4.78. The Morgan fingerprint density at radius 1 is 1.19 bits per heavy atom. The zero-order valence-corrected chi connectivity index (χ0v) is 18.0. The van der Waals surface area contributed by atoms with E-state index in [0.717, 1.165) is 29.6 Å². The largest absolute Gasteiger partial charge is 0.386 e. The van der Waals surface area contributed by atoms with Crippen LogP contribution in [0.3, 0.4) is 0 Å². The Hall–Kier alpha value is -3.14. The number of hydrogen-bond donors (Lipinski definition) is 1. The van der Waals surface area contributed by atoms with Gasteiger partial charge in [-0.25, -0.2) is 19.3 Å². The molecule has 10 heteroatoms. The van der Waals surface area contributed by atoms with Crippen LogP contribution in [-0.2, 0) is 11.3 Å². The lowest BCUT2D eigenvalue weighted by Gasteiger charge is -2.40. The fourth-order valence-corrected chi connectivity index (χ4v) is 4.78. The molecule has 2 aliphatic heterocycles. The Kier molecular flexibility index (Phi) is 5.46. The lowest BCUT2D eigenvalue weighted by molar-refractivity contribution is -0.365. The summed E-state index contributed by atoms with van der Waals surface area (Å²) >= 11 is 0. The van der Waals surface area contributed by atoms with Crippen molar-refractivity contribution in [2.75, 3.05) is 31.9 Å². The number of amides is 1. The van der Waals surface area contributed by atoms with E-state index in [0.29, 0.717) is 38.7 Å². The van der Waals surface area contributed by atoms with E-state index in [2.05, 4.69) is 29.4 Å². The van der Waals surface area contributed by atoms with Crippen LogP contribution in [0.4, 0.5) is 10.3 Å². The normalized spacial score (nSPS) is 20.0. The maximum atomic E-state index is 15.6. The summed E-state index contributed by atoms with van der Waals surface area (Å²) < 4.78 is 17.7. The Bertz CT molecular complexity index is 1080. The van der Waals surface area contributed by atoms with Crippen molar-refractivity contribution in [3.8, 4) is 0 Å². The quantitative estimate of drug-likeness (QED) is 0.658. The van der Waals surface area contributed by atoms with Crippen LogP contribution in [0, 0.1) is 0 Å². The van der Waals surface area contributed by atoms with Crippen molar-refractivity contribution in [3.05, 3.63) is 42.6 Å². The molecule has 0 aromatic carbocycles. The molecule has 2 saturated heterocycles. The van der Waals surface area contributed by atoms with Crippen LogP contribution in [0.1, 0.15) is 37.3 Å². The molecule has 0 unspecified atom stereocenters. The molecule has 3 N–H and O–H groups in total. The van der Waals surface area contributed by atoms with Crippen molar-refractivity contribution in [2.24, 2.45) is 0 Å². The number of nitrogen functional groups attached to an aromatic ring is 1. The van der Waals surface area contributed by atoms with Crippen molar-refractivity contribution in [3.63, 3.8) is 0 Å². The molecule has 0 spiro atoms. The second-order valence-corrected chi connectivity index (χ2v) is 8.77. The first-order valence-corrected chi connectivity index (χ1v) is 11.1. The number of nitrogens with two attached hydrogens (primary N) is 1. The number of aromatic amines is 1. The SMILES string of the molecule is Nc1ncc(CN2CCC(F)(C(=O)N3CCC(n4cnc5cccnc54)CC3)CC2)c[nH+]1. The third kappa shape index (κ3) is 4.02. The van der Waals surface area contributed by atoms with Gasteiger partial charge in [0.05, 0.1) is 12.5 Å². The highest BCUT2D eigenvalue weighted by atomic mass is 19.1. The number of piperidine rings is 2. The predicted octanol–water partition coefficient (Wildman–Crippen LogP) is 1.39. The molecule has 3 aromatic rings. The van der Waals surface area contributed by atoms with Gasteiger partial charge in [0.2, 0.25) is 0 Å². The number of H-pyrrole nitrogens is 1. The number of pyridine rings is 1.